The number of allylic oxidation sites excluding steroid dienone is 2. The van der Waals surface area contributed by atoms with Crippen LogP contribution in [0.1, 0.15) is 13.8 Å². The van der Waals surface area contributed by atoms with Crippen molar-refractivity contribution < 1.29 is 19.1 Å². The lowest BCUT2D eigenvalue weighted by atomic mass is 9.90. The Bertz CT molecular complexity index is 362. The molecule has 0 spiro atoms. The lowest BCUT2D eigenvalue weighted by Gasteiger charge is -2.36. The second kappa shape index (κ2) is 5.63. The van der Waals surface area contributed by atoms with Crippen molar-refractivity contribution in [1.82, 2.24) is 5.32 Å². The van der Waals surface area contributed by atoms with Gasteiger partial charge in [-0.1, -0.05) is 18.2 Å². The van der Waals surface area contributed by atoms with E-state index in [0.29, 0.717) is 6.61 Å². The minimum Gasteiger partial charge on any atom is -0.468 e. The van der Waals surface area contributed by atoms with Gasteiger partial charge in [0.05, 0.1) is 7.11 Å². The average molecular weight is 239 g/mol. The Balaban J connectivity index is 3.05. The summed E-state index contributed by atoms with van der Waals surface area (Å²) < 4.78 is 10.3. The molecule has 0 bridgehead atoms. The largest absolute Gasteiger partial charge is 0.468 e. The van der Waals surface area contributed by atoms with Crippen molar-refractivity contribution in [2.24, 2.45) is 5.92 Å². The van der Waals surface area contributed by atoms with Gasteiger partial charge < -0.3 is 14.8 Å². The Hall–Kier alpha value is -1.62. The summed E-state index contributed by atoms with van der Waals surface area (Å²) in [5.74, 6) is -1.40. The van der Waals surface area contributed by atoms with Crippen molar-refractivity contribution in [3.05, 3.63) is 24.3 Å². The maximum Gasteiger partial charge on any atom is 0.317 e. The molecule has 0 aromatic carbocycles. The van der Waals surface area contributed by atoms with Gasteiger partial charge in [-0.05, 0) is 13.0 Å². The first-order valence-electron chi connectivity index (χ1n) is 5.42. The van der Waals surface area contributed by atoms with Gasteiger partial charge in [-0.25, -0.2) is 0 Å². The highest BCUT2D eigenvalue weighted by Gasteiger charge is 2.43. The van der Waals surface area contributed by atoms with E-state index in [1.165, 1.54) is 14.0 Å². The molecule has 1 aliphatic carbocycles. The average Bonchev–Trinajstić information content (AvgIpc) is 2.28. The number of methoxy groups -OCH3 is 1. The molecule has 2 atom stereocenters. The van der Waals surface area contributed by atoms with Gasteiger partial charge in [-0.2, -0.15) is 0 Å². The number of rotatable bonds is 4. The molecule has 0 aliphatic heterocycles. The zero-order valence-corrected chi connectivity index (χ0v) is 10.2. The summed E-state index contributed by atoms with van der Waals surface area (Å²) in [4.78, 5) is 22.9. The van der Waals surface area contributed by atoms with E-state index in [2.05, 4.69) is 5.32 Å². The normalized spacial score (nSPS) is 26.6. The first-order valence-corrected chi connectivity index (χ1v) is 5.42. The Morgan fingerprint density at radius 1 is 1.41 bits per heavy atom. The van der Waals surface area contributed by atoms with Crippen LogP contribution in [0.4, 0.5) is 0 Å². The SMILES string of the molecule is CCOC1(NC(C)=O)C=CC=CC1C(=O)OC. The van der Waals surface area contributed by atoms with Crippen molar-refractivity contribution in [1.29, 1.82) is 0 Å². The molecule has 5 heteroatoms. The summed E-state index contributed by atoms with van der Waals surface area (Å²) in [5, 5.41) is 2.66. The Labute approximate surface area is 100 Å². The molecule has 0 aromatic heterocycles. The molecule has 0 saturated carbocycles. The third-order valence-electron chi connectivity index (χ3n) is 2.43. The number of nitrogens with one attached hydrogen (secondary N) is 1. The van der Waals surface area contributed by atoms with Gasteiger partial charge >= 0.3 is 5.97 Å². The van der Waals surface area contributed by atoms with Crippen LogP contribution in [0.2, 0.25) is 0 Å². The smallest absolute Gasteiger partial charge is 0.317 e. The number of esters is 1. The fourth-order valence-electron chi connectivity index (χ4n) is 1.81. The Morgan fingerprint density at radius 3 is 2.65 bits per heavy atom. The van der Waals surface area contributed by atoms with E-state index in [9.17, 15) is 9.59 Å². The molecule has 1 rings (SSSR count). The molecule has 1 aliphatic rings. The summed E-state index contributed by atoms with van der Waals surface area (Å²) in [6.45, 7) is 3.54. The molecule has 1 N–H and O–H groups in total. The van der Waals surface area contributed by atoms with Crippen LogP contribution in [0.3, 0.4) is 0 Å². The van der Waals surface area contributed by atoms with Crippen molar-refractivity contribution >= 4 is 11.9 Å². The molecule has 0 radical (unpaired) electrons. The highest BCUT2D eigenvalue weighted by molar-refractivity contribution is 5.80. The highest BCUT2D eigenvalue weighted by atomic mass is 16.5. The second-order valence-electron chi connectivity index (χ2n) is 3.65. The standard InChI is InChI=1S/C12H17NO4/c1-4-17-12(13-9(2)14)8-6-5-7-10(12)11(15)16-3/h5-8,10H,4H2,1-3H3,(H,13,14). The zero-order chi connectivity index (χ0) is 12.9. The third kappa shape index (κ3) is 2.94. The maximum absolute atomic E-state index is 11.7. The predicted octanol–water partition coefficient (Wildman–Crippen LogP) is 0.770. The minimum atomic E-state index is -1.15. The molecule has 0 fully saturated rings. The van der Waals surface area contributed by atoms with Gasteiger partial charge in [-0.3, -0.25) is 9.59 Å². The lowest BCUT2D eigenvalue weighted by molar-refractivity contribution is -0.157. The Morgan fingerprint density at radius 2 is 2.12 bits per heavy atom. The van der Waals surface area contributed by atoms with Gasteiger partial charge in [-0.15, -0.1) is 0 Å². The number of hydrogen-bond acceptors (Lipinski definition) is 4. The first kappa shape index (κ1) is 13.4. The lowest BCUT2D eigenvalue weighted by Crippen LogP contribution is -2.56. The predicted molar refractivity (Wildman–Crippen MR) is 62.0 cm³/mol. The molecule has 0 heterocycles. The van der Waals surface area contributed by atoms with Gasteiger partial charge in [0.25, 0.3) is 0 Å². The van der Waals surface area contributed by atoms with Crippen molar-refractivity contribution in [2.45, 2.75) is 19.6 Å². The fraction of sp³-hybridized carbons (Fsp3) is 0.500. The van der Waals surface area contributed by atoms with E-state index in [0.717, 1.165) is 0 Å². The van der Waals surface area contributed by atoms with E-state index in [1.54, 1.807) is 31.2 Å². The number of carbonyl (C=O) groups excluding carboxylic acids is 2. The monoisotopic (exact) mass is 239 g/mol. The summed E-state index contributed by atoms with van der Waals surface area (Å²) in [5.41, 5.74) is -1.15. The minimum absolute atomic E-state index is 0.271. The molecule has 1 amide bonds. The topological polar surface area (TPSA) is 64.6 Å². The molecule has 2 unspecified atom stereocenters. The van der Waals surface area contributed by atoms with Crippen molar-refractivity contribution in [3.8, 4) is 0 Å². The first-order chi connectivity index (χ1) is 8.05. The molecule has 0 saturated heterocycles. The van der Waals surface area contributed by atoms with Crippen LogP contribution in [-0.4, -0.2) is 31.3 Å². The second-order valence-corrected chi connectivity index (χ2v) is 3.65. The van der Waals surface area contributed by atoms with E-state index in [1.807, 2.05) is 0 Å². The van der Waals surface area contributed by atoms with Crippen LogP contribution in [-0.2, 0) is 19.1 Å². The fourth-order valence-corrected chi connectivity index (χ4v) is 1.81. The summed E-state index contributed by atoms with van der Waals surface area (Å²) in [7, 11) is 1.30. The number of ether oxygens (including phenoxy) is 2. The zero-order valence-electron chi connectivity index (χ0n) is 10.2. The van der Waals surface area contributed by atoms with E-state index < -0.39 is 17.6 Å². The Kier molecular flexibility index (Phi) is 4.45. The molecular formula is C12H17NO4. The van der Waals surface area contributed by atoms with Gasteiger partial charge in [0.2, 0.25) is 5.91 Å². The van der Waals surface area contributed by atoms with Crippen LogP contribution < -0.4 is 5.32 Å². The van der Waals surface area contributed by atoms with Gasteiger partial charge in [0.15, 0.2) is 5.72 Å². The molecule has 17 heavy (non-hydrogen) atoms. The van der Waals surface area contributed by atoms with Crippen LogP contribution in [0.5, 0.6) is 0 Å². The number of hydrogen-bond donors (Lipinski definition) is 1. The third-order valence-corrected chi connectivity index (χ3v) is 2.43. The van der Waals surface area contributed by atoms with E-state index in [-0.39, 0.29) is 5.91 Å². The van der Waals surface area contributed by atoms with Crippen molar-refractivity contribution in [2.75, 3.05) is 13.7 Å². The molecule has 94 valence electrons. The van der Waals surface area contributed by atoms with Crippen LogP contribution in [0.25, 0.3) is 0 Å². The van der Waals surface area contributed by atoms with Crippen molar-refractivity contribution in [3.63, 3.8) is 0 Å². The van der Waals surface area contributed by atoms with Crippen LogP contribution in [0.15, 0.2) is 24.3 Å². The van der Waals surface area contributed by atoms with E-state index in [4.69, 9.17) is 9.47 Å². The van der Waals surface area contributed by atoms with E-state index >= 15 is 0 Å². The summed E-state index contributed by atoms with van der Waals surface area (Å²) >= 11 is 0. The molecular weight excluding hydrogens is 222 g/mol. The molecule has 0 aromatic rings. The quantitative estimate of drug-likeness (QED) is 0.581. The van der Waals surface area contributed by atoms with Crippen LogP contribution >= 0.6 is 0 Å². The summed E-state index contributed by atoms with van der Waals surface area (Å²) in [6.07, 6.45) is 6.75. The van der Waals surface area contributed by atoms with Crippen LogP contribution in [0, 0.1) is 5.92 Å². The summed E-state index contributed by atoms with van der Waals surface area (Å²) in [6, 6.07) is 0. The number of amides is 1. The highest BCUT2D eigenvalue weighted by Crippen LogP contribution is 2.27. The van der Waals surface area contributed by atoms with Gasteiger partial charge in [0, 0.05) is 13.5 Å². The van der Waals surface area contributed by atoms with Gasteiger partial charge in [0.1, 0.15) is 5.92 Å². The number of carbonyl (C=O) groups is 2. The molecule has 5 nitrogen and oxygen atoms in total. The maximum atomic E-state index is 11.7.